The monoisotopic (exact) mass is 363 g/mol. The van der Waals surface area contributed by atoms with Crippen molar-refractivity contribution in [1.82, 2.24) is 4.98 Å². The molecule has 140 valence electrons. The molecule has 0 radical (unpaired) electrons. The Balaban J connectivity index is 2.24. The summed E-state index contributed by atoms with van der Waals surface area (Å²) in [6.07, 6.45) is 16.2. The third kappa shape index (κ3) is 5.03. The Morgan fingerprint density at radius 2 is 1.68 bits per heavy atom. The highest BCUT2D eigenvalue weighted by molar-refractivity contribution is 7.77. The second-order valence-electron chi connectivity index (χ2n) is 7.46. The quantitative estimate of drug-likeness (QED) is 0.479. The van der Waals surface area contributed by atoms with Gasteiger partial charge in [-0.3, -0.25) is 9.78 Å². The van der Waals surface area contributed by atoms with E-state index in [1.807, 2.05) is 23.2 Å². The third-order valence-corrected chi connectivity index (χ3v) is 11.1. The van der Waals surface area contributed by atoms with Gasteiger partial charge in [-0.05, 0) is 31.4 Å². The van der Waals surface area contributed by atoms with E-state index in [1.54, 1.807) is 6.20 Å². The first-order valence-electron chi connectivity index (χ1n) is 10.3. The van der Waals surface area contributed by atoms with E-state index in [1.165, 1.54) is 57.0 Å². The molecule has 0 aromatic carbocycles. The summed E-state index contributed by atoms with van der Waals surface area (Å²) in [5, 5.41) is 0. The number of hydrogen-bond acceptors (Lipinski definition) is 2. The van der Waals surface area contributed by atoms with Gasteiger partial charge >= 0.3 is 0 Å². The molecule has 0 bridgehead atoms. The van der Waals surface area contributed by atoms with Crippen LogP contribution in [0.15, 0.2) is 24.5 Å². The van der Waals surface area contributed by atoms with E-state index in [-0.39, 0.29) is 0 Å². The molecule has 1 aromatic rings. The van der Waals surface area contributed by atoms with Crippen LogP contribution in [0.4, 0.5) is 5.69 Å². The van der Waals surface area contributed by atoms with E-state index in [4.69, 9.17) is 0 Å². The van der Waals surface area contributed by atoms with E-state index < -0.39 is 7.26 Å². The number of carbonyl (C=O) groups is 1. The molecule has 1 amide bonds. The summed E-state index contributed by atoms with van der Waals surface area (Å²) in [6, 6.07) is 3.96. The van der Waals surface area contributed by atoms with Crippen LogP contribution in [0, 0.1) is 0 Å². The van der Waals surface area contributed by atoms with Crippen LogP contribution in [-0.4, -0.2) is 41.6 Å². The number of unbranched alkanes of at least 4 members (excludes halogenated alkanes) is 3. The molecule has 2 rings (SSSR count). The molecule has 25 heavy (non-hydrogen) atoms. The normalized spacial score (nSPS) is 18.1. The van der Waals surface area contributed by atoms with Gasteiger partial charge in [0, 0.05) is 26.4 Å². The maximum absolute atomic E-state index is 13.4. The summed E-state index contributed by atoms with van der Waals surface area (Å²) in [7, 11) is -1.22. The molecule has 1 aromatic heterocycles. The molecular formula is C21H36N2OP+. The average molecular weight is 364 g/mol. The first-order valence-corrected chi connectivity index (χ1v) is 12.7. The lowest BCUT2D eigenvalue weighted by Gasteiger charge is -2.32. The zero-order valence-electron chi connectivity index (χ0n) is 16.4. The van der Waals surface area contributed by atoms with Gasteiger partial charge in [-0.25, -0.2) is 0 Å². The Morgan fingerprint density at radius 1 is 1.08 bits per heavy atom. The number of aromatic nitrogens is 1. The summed E-state index contributed by atoms with van der Waals surface area (Å²) in [6.45, 7) is 7.73. The van der Waals surface area contributed by atoms with E-state index >= 15 is 0 Å². The topological polar surface area (TPSA) is 33.2 Å². The van der Waals surface area contributed by atoms with Crippen molar-refractivity contribution in [3.63, 3.8) is 0 Å². The van der Waals surface area contributed by atoms with Crippen LogP contribution in [0.2, 0.25) is 0 Å². The predicted octanol–water partition coefficient (Wildman–Crippen LogP) is 5.60. The molecule has 1 saturated heterocycles. The van der Waals surface area contributed by atoms with Crippen molar-refractivity contribution in [2.45, 2.75) is 71.4 Å². The van der Waals surface area contributed by atoms with Crippen molar-refractivity contribution >= 4 is 18.9 Å². The number of anilines is 1. The van der Waals surface area contributed by atoms with Gasteiger partial charge in [0.25, 0.3) is 5.91 Å². The molecule has 1 fully saturated rings. The molecule has 0 spiro atoms. The van der Waals surface area contributed by atoms with Crippen molar-refractivity contribution in [1.29, 1.82) is 0 Å². The molecule has 1 unspecified atom stereocenters. The van der Waals surface area contributed by atoms with Gasteiger partial charge in [-0.2, -0.15) is 0 Å². The molecule has 0 aliphatic carbocycles. The zero-order valence-corrected chi connectivity index (χ0v) is 17.3. The second-order valence-corrected chi connectivity index (χ2v) is 11.9. The zero-order chi connectivity index (χ0) is 18.1. The van der Waals surface area contributed by atoms with Crippen LogP contribution in [0.25, 0.3) is 0 Å². The largest absolute Gasteiger partial charge is 0.307 e. The molecule has 2 heterocycles. The lowest BCUT2D eigenvalue weighted by Crippen LogP contribution is -2.33. The molecule has 1 aliphatic heterocycles. The van der Waals surface area contributed by atoms with Crippen LogP contribution in [0.3, 0.4) is 0 Å². The highest BCUT2D eigenvalue weighted by Crippen LogP contribution is 2.67. The standard InChI is InChI=1S/C21H36N2OP/c1-4-7-15-25(16-8-5-2,17-9-6-3)20-12-14-23(21(20)24)19-11-10-13-22-18-19/h10-11,13,18,20H,4-9,12,14-17H2,1-3H3/q+1. The van der Waals surface area contributed by atoms with Crippen molar-refractivity contribution < 1.29 is 4.79 Å². The molecule has 1 aliphatic rings. The van der Waals surface area contributed by atoms with E-state index in [0.717, 1.165) is 18.7 Å². The Morgan fingerprint density at radius 3 is 2.16 bits per heavy atom. The molecule has 1 atom stereocenters. The fourth-order valence-electron chi connectivity index (χ4n) is 4.16. The van der Waals surface area contributed by atoms with Gasteiger partial charge in [-0.1, -0.05) is 40.0 Å². The van der Waals surface area contributed by atoms with Gasteiger partial charge < -0.3 is 4.90 Å². The maximum Gasteiger partial charge on any atom is 0.267 e. The van der Waals surface area contributed by atoms with Crippen molar-refractivity contribution in [2.24, 2.45) is 0 Å². The van der Waals surface area contributed by atoms with E-state index in [0.29, 0.717) is 11.6 Å². The van der Waals surface area contributed by atoms with Crippen molar-refractivity contribution in [3.05, 3.63) is 24.5 Å². The third-order valence-electron chi connectivity index (χ3n) is 5.67. The predicted molar refractivity (Wildman–Crippen MR) is 111 cm³/mol. The first-order chi connectivity index (χ1) is 12.2. The molecule has 0 saturated carbocycles. The highest BCUT2D eigenvalue weighted by atomic mass is 31.2. The summed E-state index contributed by atoms with van der Waals surface area (Å²) < 4.78 is 0. The number of rotatable bonds is 11. The minimum atomic E-state index is -1.22. The Labute approximate surface area is 154 Å². The Kier molecular flexibility index (Phi) is 8.36. The number of carbonyl (C=O) groups excluding carboxylic acids is 1. The van der Waals surface area contributed by atoms with E-state index in [9.17, 15) is 4.79 Å². The van der Waals surface area contributed by atoms with Gasteiger partial charge in [0.05, 0.1) is 30.4 Å². The van der Waals surface area contributed by atoms with Crippen molar-refractivity contribution in [2.75, 3.05) is 29.9 Å². The van der Waals surface area contributed by atoms with Crippen LogP contribution in [0.5, 0.6) is 0 Å². The molecule has 4 heteroatoms. The van der Waals surface area contributed by atoms with Crippen LogP contribution in [-0.2, 0) is 4.79 Å². The summed E-state index contributed by atoms with van der Waals surface area (Å²) in [4.78, 5) is 19.6. The van der Waals surface area contributed by atoms with Crippen molar-refractivity contribution in [3.8, 4) is 0 Å². The number of nitrogens with zero attached hydrogens (tertiary/aromatic N) is 2. The number of amides is 1. The lowest BCUT2D eigenvalue weighted by molar-refractivity contribution is -0.116. The summed E-state index contributed by atoms with van der Waals surface area (Å²) in [5.74, 6) is 0.393. The highest BCUT2D eigenvalue weighted by Gasteiger charge is 2.52. The fourth-order valence-corrected chi connectivity index (χ4v) is 9.88. The molecular weight excluding hydrogens is 327 g/mol. The summed E-state index contributed by atoms with van der Waals surface area (Å²) >= 11 is 0. The van der Waals surface area contributed by atoms with Gasteiger partial charge in [0.1, 0.15) is 5.66 Å². The first kappa shape index (κ1) is 20.4. The Bertz CT molecular complexity index is 498. The van der Waals surface area contributed by atoms with Crippen LogP contribution < -0.4 is 4.90 Å². The van der Waals surface area contributed by atoms with Crippen LogP contribution in [0.1, 0.15) is 65.7 Å². The van der Waals surface area contributed by atoms with E-state index in [2.05, 4.69) is 25.8 Å². The maximum atomic E-state index is 13.4. The van der Waals surface area contributed by atoms with Gasteiger partial charge in [0.2, 0.25) is 0 Å². The Hall–Kier alpha value is -0.950. The second kappa shape index (κ2) is 10.3. The lowest BCUT2D eigenvalue weighted by atomic mass is 10.3. The minimum absolute atomic E-state index is 0.303. The minimum Gasteiger partial charge on any atom is -0.307 e. The SMILES string of the molecule is CCCC[P+](CCCC)(CCCC)C1CCN(c2cccnc2)C1=O. The smallest absolute Gasteiger partial charge is 0.267 e. The van der Waals surface area contributed by atoms with Gasteiger partial charge in [-0.15, -0.1) is 0 Å². The van der Waals surface area contributed by atoms with Crippen LogP contribution >= 0.6 is 7.26 Å². The average Bonchev–Trinajstić information content (AvgIpc) is 3.04. The number of pyridine rings is 1. The molecule has 0 N–H and O–H groups in total. The fraction of sp³-hybridized carbons (Fsp3) is 0.714. The summed E-state index contributed by atoms with van der Waals surface area (Å²) in [5.41, 5.74) is 1.28. The number of hydrogen-bond donors (Lipinski definition) is 0. The van der Waals surface area contributed by atoms with Gasteiger partial charge in [0.15, 0.2) is 0 Å². The molecule has 3 nitrogen and oxygen atoms in total.